The predicted molar refractivity (Wildman–Crippen MR) is 124 cm³/mol. The van der Waals surface area contributed by atoms with Gasteiger partial charge in [0, 0.05) is 43.8 Å². The summed E-state index contributed by atoms with van der Waals surface area (Å²) in [6, 6.07) is 8.32. The SMILES string of the molecule is CCNC(=NCc1ccc(NC(=O)C(C)C)cc1)NCC(C(C)C)N1CCOCC1. The molecule has 1 heterocycles. The van der Waals surface area contributed by atoms with Gasteiger partial charge in [-0.2, -0.15) is 0 Å². The molecule has 0 aliphatic carbocycles. The van der Waals surface area contributed by atoms with Crippen LogP contribution in [0.25, 0.3) is 0 Å². The lowest BCUT2D eigenvalue weighted by Crippen LogP contribution is -2.52. The molecule has 1 aliphatic heterocycles. The van der Waals surface area contributed by atoms with Crippen LogP contribution in [0.5, 0.6) is 0 Å². The first-order valence-corrected chi connectivity index (χ1v) is 11.1. The molecule has 1 unspecified atom stereocenters. The van der Waals surface area contributed by atoms with Crippen LogP contribution in [0.3, 0.4) is 0 Å². The molecule has 30 heavy (non-hydrogen) atoms. The Morgan fingerprint density at radius 2 is 1.77 bits per heavy atom. The van der Waals surface area contributed by atoms with E-state index in [4.69, 9.17) is 9.73 Å². The second-order valence-electron chi connectivity index (χ2n) is 8.38. The molecule has 7 nitrogen and oxygen atoms in total. The topological polar surface area (TPSA) is 78.0 Å². The Labute approximate surface area is 181 Å². The molecule has 0 saturated carbocycles. The molecule has 168 valence electrons. The Kier molecular flexibility index (Phi) is 10.1. The van der Waals surface area contributed by atoms with Gasteiger partial charge in [-0.3, -0.25) is 9.69 Å². The molecule has 0 aromatic heterocycles. The Hall–Kier alpha value is -2.12. The average molecular weight is 418 g/mol. The third-order valence-electron chi connectivity index (χ3n) is 5.27. The summed E-state index contributed by atoms with van der Waals surface area (Å²) in [6.45, 7) is 16.2. The number of rotatable bonds is 9. The molecular weight excluding hydrogens is 378 g/mol. The van der Waals surface area contributed by atoms with E-state index in [0.29, 0.717) is 18.5 Å². The van der Waals surface area contributed by atoms with Gasteiger partial charge in [0.05, 0.1) is 19.8 Å². The quantitative estimate of drug-likeness (QED) is 0.425. The van der Waals surface area contributed by atoms with Gasteiger partial charge in [-0.05, 0) is 30.5 Å². The molecule has 7 heteroatoms. The van der Waals surface area contributed by atoms with Crippen molar-refractivity contribution in [2.24, 2.45) is 16.8 Å². The van der Waals surface area contributed by atoms with E-state index in [0.717, 1.165) is 56.6 Å². The van der Waals surface area contributed by atoms with E-state index in [1.807, 2.05) is 38.1 Å². The molecule has 0 bridgehead atoms. The lowest BCUT2D eigenvalue weighted by atomic mass is 10.0. The minimum atomic E-state index is -0.0323. The molecule has 1 aliphatic rings. The maximum absolute atomic E-state index is 11.8. The summed E-state index contributed by atoms with van der Waals surface area (Å²) < 4.78 is 5.50. The number of morpholine rings is 1. The van der Waals surface area contributed by atoms with Crippen LogP contribution in [0.4, 0.5) is 5.69 Å². The Bertz CT molecular complexity index is 667. The van der Waals surface area contributed by atoms with Crippen molar-refractivity contribution in [2.75, 3.05) is 44.7 Å². The zero-order valence-corrected chi connectivity index (χ0v) is 19.2. The number of carbonyl (C=O) groups is 1. The molecule has 0 spiro atoms. The number of nitrogens with zero attached hydrogens (tertiary/aromatic N) is 2. The first-order valence-electron chi connectivity index (χ1n) is 11.1. The van der Waals surface area contributed by atoms with Crippen LogP contribution < -0.4 is 16.0 Å². The van der Waals surface area contributed by atoms with Gasteiger partial charge in [0.15, 0.2) is 5.96 Å². The van der Waals surface area contributed by atoms with Crippen molar-refractivity contribution in [3.63, 3.8) is 0 Å². The normalized spacial score (nSPS) is 16.6. The van der Waals surface area contributed by atoms with Crippen LogP contribution in [-0.4, -0.2) is 62.2 Å². The Balaban J connectivity index is 1.93. The zero-order valence-electron chi connectivity index (χ0n) is 19.2. The number of hydrogen-bond acceptors (Lipinski definition) is 4. The van der Waals surface area contributed by atoms with Crippen molar-refractivity contribution in [3.8, 4) is 0 Å². The van der Waals surface area contributed by atoms with Crippen molar-refractivity contribution < 1.29 is 9.53 Å². The number of amides is 1. The molecule has 0 radical (unpaired) electrons. The molecular formula is C23H39N5O2. The monoisotopic (exact) mass is 417 g/mol. The molecule has 1 aromatic rings. The van der Waals surface area contributed by atoms with Gasteiger partial charge in [-0.1, -0.05) is 39.8 Å². The number of carbonyl (C=O) groups excluding carboxylic acids is 1. The van der Waals surface area contributed by atoms with Gasteiger partial charge in [0.2, 0.25) is 5.91 Å². The van der Waals surface area contributed by atoms with Crippen LogP contribution >= 0.6 is 0 Å². The van der Waals surface area contributed by atoms with Crippen LogP contribution in [0.15, 0.2) is 29.3 Å². The Morgan fingerprint density at radius 3 is 2.33 bits per heavy atom. The molecule has 1 aromatic carbocycles. The van der Waals surface area contributed by atoms with E-state index < -0.39 is 0 Å². The summed E-state index contributed by atoms with van der Waals surface area (Å²) in [6.07, 6.45) is 0. The van der Waals surface area contributed by atoms with Gasteiger partial charge in [0.25, 0.3) is 0 Å². The largest absolute Gasteiger partial charge is 0.379 e. The van der Waals surface area contributed by atoms with Gasteiger partial charge >= 0.3 is 0 Å². The molecule has 1 fully saturated rings. The van der Waals surface area contributed by atoms with E-state index in [2.05, 4.69) is 41.6 Å². The fourth-order valence-electron chi connectivity index (χ4n) is 3.39. The van der Waals surface area contributed by atoms with E-state index >= 15 is 0 Å². The summed E-state index contributed by atoms with van der Waals surface area (Å²) in [5.74, 6) is 1.37. The molecule has 1 atom stereocenters. The highest BCUT2D eigenvalue weighted by Gasteiger charge is 2.23. The highest BCUT2D eigenvalue weighted by molar-refractivity contribution is 5.92. The average Bonchev–Trinajstić information content (AvgIpc) is 2.73. The standard InChI is InChI=1S/C23H39N5O2/c1-6-24-23(26-16-21(17(2)3)28-11-13-30-14-12-28)25-15-19-7-9-20(10-8-19)27-22(29)18(4)5/h7-10,17-18,21H,6,11-16H2,1-5H3,(H,27,29)(H2,24,25,26). The van der Waals surface area contributed by atoms with E-state index in [1.165, 1.54) is 0 Å². The number of ether oxygens (including phenoxy) is 1. The first-order chi connectivity index (χ1) is 14.4. The van der Waals surface area contributed by atoms with Crippen LogP contribution in [0.2, 0.25) is 0 Å². The minimum Gasteiger partial charge on any atom is -0.379 e. The van der Waals surface area contributed by atoms with Crippen LogP contribution in [0.1, 0.15) is 40.2 Å². The lowest BCUT2D eigenvalue weighted by molar-refractivity contribution is -0.118. The van der Waals surface area contributed by atoms with Crippen molar-refractivity contribution in [3.05, 3.63) is 29.8 Å². The van der Waals surface area contributed by atoms with Gasteiger partial charge in [-0.15, -0.1) is 0 Å². The number of hydrogen-bond donors (Lipinski definition) is 3. The summed E-state index contributed by atoms with van der Waals surface area (Å²) in [7, 11) is 0. The van der Waals surface area contributed by atoms with Gasteiger partial charge < -0.3 is 20.7 Å². The number of anilines is 1. The second kappa shape index (κ2) is 12.5. The smallest absolute Gasteiger partial charge is 0.226 e. The van der Waals surface area contributed by atoms with Gasteiger partial charge in [-0.25, -0.2) is 4.99 Å². The molecule has 2 rings (SSSR count). The summed E-state index contributed by atoms with van der Waals surface area (Å²) in [4.78, 5) is 19.1. The minimum absolute atomic E-state index is 0.0272. The highest BCUT2D eigenvalue weighted by atomic mass is 16.5. The zero-order chi connectivity index (χ0) is 21.9. The fraction of sp³-hybridized carbons (Fsp3) is 0.652. The maximum Gasteiger partial charge on any atom is 0.226 e. The van der Waals surface area contributed by atoms with E-state index in [1.54, 1.807) is 0 Å². The summed E-state index contributed by atoms with van der Waals surface area (Å²) in [5.41, 5.74) is 1.92. The third-order valence-corrected chi connectivity index (χ3v) is 5.27. The number of aliphatic imine (C=N–C) groups is 1. The number of nitrogens with one attached hydrogen (secondary N) is 3. The highest BCUT2D eigenvalue weighted by Crippen LogP contribution is 2.13. The summed E-state index contributed by atoms with van der Waals surface area (Å²) >= 11 is 0. The van der Waals surface area contributed by atoms with Crippen LogP contribution in [-0.2, 0) is 16.1 Å². The van der Waals surface area contributed by atoms with E-state index in [9.17, 15) is 4.79 Å². The van der Waals surface area contributed by atoms with Crippen molar-refractivity contribution in [2.45, 2.75) is 47.2 Å². The lowest BCUT2D eigenvalue weighted by Gasteiger charge is -2.37. The van der Waals surface area contributed by atoms with E-state index in [-0.39, 0.29) is 11.8 Å². The Morgan fingerprint density at radius 1 is 1.10 bits per heavy atom. The van der Waals surface area contributed by atoms with Crippen molar-refractivity contribution >= 4 is 17.6 Å². The summed E-state index contributed by atoms with van der Waals surface area (Å²) in [5, 5.41) is 9.77. The molecule has 3 N–H and O–H groups in total. The van der Waals surface area contributed by atoms with Crippen molar-refractivity contribution in [1.29, 1.82) is 0 Å². The van der Waals surface area contributed by atoms with Crippen LogP contribution in [0, 0.1) is 11.8 Å². The number of benzene rings is 1. The third kappa shape index (κ3) is 7.95. The maximum atomic E-state index is 11.8. The molecule has 1 saturated heterocycles. The van der Waals surface area contributed by atoms with Crippen molar-refractivity contribution in [1.82, 2.24) is 15.5 Å². The van der Waals surface area contributed by atoms with Gasteiger partial charge in [0.1, 0.15) is 0 Å². The number of guanidine groups is 1. The first kappa shape index (κ1) is 24.2. The predicted octanol–water partition coefficient (Wildman–Crippen LogP) is 2.69. The fourth-order valence-corrected chi connectivity index (χ4v) is 3.39. The molecule has 1 amide bonds. The second-order valence-corrected chi connectivity index (χ2v) is 8.38.